The van der Waals surface area contributed by atoms with E-state index in [1.807, 2.05) is 0 Å². The van der Waals surface area contributed by atoms with E-state index < -0.39 is 10.0 Å². The second-order valence-electron chi connectivity index (χ2n) is 5.47. The summed E-state index contributed by atoms with van der Waals surface area (Å²) < 4.78 is 37.5. The van der Waals surface area contributed by atoms with Crippen LogP contribution in [-0.4, -0.2) is 60.0 Å². The number of hydrogen-bond acceptors (Lipinski definition) is 4. The summed E-state index contributed by atoms with van der Waals surface area (Å²) in [6, 6.07) is 4.73. The zero-order chi connectivity index (χ0) is 15.0. The third kappa shape index (κ3) is 2.59. The van der Waals surface area contributed by atoms with E-state index in [1.165, 1.54) is 30.1 Å². The molecule has 2 bridgehead atoms. The predicted octanol–water partition coefficient (Wildman–Crippen LogP) is -2.64. The number of rotatable bonds is 4. The van der Waals surface area contributed by atoms with Crippen molar-refractivity contribution in [1.82, 2.24) is 4.31 Å². The van der Waals surface area contributed by atoms with E-state index in [2.05, 4.69) is 0 Å². The maximum absolute atomic E-state index is 12.8. The Hall–Kier alpha value is -1.35. The van der Waals surface area contributed by atoms with Crippen LogP contribution in [0.15, 0.2) is 23.1 Å². The van der Waals surface area contributed by atoms with Crippen molar-refractivity contribution < 1.29 is 27.7 Å². The molecule has 2 fully saturated rings. The van der Waals surface area contributed by atoms with E-state index in [-0.39, 0.29) is 4.90 Å². The van der Waals surface area contributed by atoms with Crippen LogP contribution in [0.1, 0.15) is 0 Å². The van der Waals surface area contributed by atoms with Crippen LogP contribution in [0.4, 0.5) is 0 Å². The Balaban J connectivity index is 1.91. The van der Waals surface area contributed by atoms with Gasteiger partial charge >= 0.3 is 0 Å². The van der Waals surface area contributed by atoms with Crippen LogP contribution < -0.4 is 19.3 Å². The number of nitrogens with zero attached hydrogens (tertiary/aromatic N) is 1. The molecular weight excluding hydrogens is 294 g/mol. The van der Waals surface area contributed by atoms with Crippen LogP contribution in [0.3, 0.4) is 0 Å². The molecule has 0 amide bonds. The third-order valence-corrected chi connectivity index (χ3v) is 5.91. The molecule has 2 heterocycles. The molecule has 2 saturated heterocycles. The van der Waals surface area contributed by atoms with Crippen LogP contribution in [0.25, 0.3) is 0 Å². The lowest BCUT2D eigenvalue weighted by Crippen LogP contribution is -3.28. The van der Waals surface area contributed by atoms with Crippen molar-refractivity contribution in [2.45, 2.75) is 4.90 Å². The zero-order valence-electron chi connectivity index (χ0n) is 12.3. The van der Waals surface area contributed by atoms with E-state index in [1.54, 1.807) is 16.4 Å². The van der Waals surface area contributed by atoms with Gasteiger partial charge in [-0.2, -0.15) is 0 Å². The number of quaternary nitrogens is 2. The van der Waals surface area contributed by atoms with Gasteiger partial charge in [0.2, 0.25) is 6.67 Å². The Bertz CT molecular complexity index is 622. The average molecular weight is 315 g/mol. The lowest BCUT2D eigenvalue weighted by Gasteiger charge is -2.28. The highest BCUT2D eigenvalue weighted by molar-refractivity contribution is 7.89. The Labute approximate surface area is 124 Å². The zero-order valence-corrected chi connectivity index (χ0v) is 13.1. The molecule has 2 aliphatic heterocycles. The van der Waals surface area contributed by atoms with Gasteiger partial charge in [0.05, 0.1) is 19.1 Å². The molecule has 21 heavy (non-hydrogen) atoms. The number of methoxy groups -OCH3 is 2. The summed E-state index contributed by atoms with van der Waals surface area (Å²) in [6.45, 7) is 4.17. The van der Waals surface area contributed by atoms with Crippen LogP contribution in [-0.2, 0) is 10.0 Å². The number of sulfonamides is 1. The molecule has 116 valence electrons. The normalized spacial score (nSPS) is 25.8. The van der Waals surface area contributed by atoms with Gasteiger partial charge in [0, 0.05) is 6.07 Å². The van der Waals surface area contributed by atoms with Crippen molar-refractivity contribution in [3.05, 3.63) is 18.2 Å². The first-order valence-electron chi connectivity index (χ1n) is 6.94. The summed E-state index contributed by atoms with van der Waals surface area (Å²) in [7, 11) is -0.459. The lowest BCUT2D eigenvalue weighted by atomic mass is 10.3. The van der Waals surface area contributed by atoms with Crippen molar-refractivity contribution in [2.24, 2.45) is 0 Å². The van der Waals surface area contributed by atoms with Gasteiger partial charge in [-0.15, -0.1) is 0 Å². The number of hydrogen-bond donors (Lipinski definition) is 2. The van der Waals surface area contributed by atoms with Gasteiger partial charge < -0.3 is 9.47 Å². The molecule has 3 rings (SSSR count). The number of nitrogens with one attached hydrogen (secondary N) is 2. The van der Waals surface area contributed by atoms with Crippen LogP contribution >= 0.6 is 0 Å². The minimum atomic E-state index is -3.49. The fraction of sp³-hybridized carbons (Fsp3) is 0.538. The first-order valence-corrected chi connectivity index (χ1v) is 8.38. The molecule has 2 atom stereocenters. The van der Waals surface area contributed by atoms with Gasteiger partial charge in [0.1, 0.15) is 13.1 Å². The van der Waals surface area contributed by atoms with E-state index in [0.29, 0.717) is 24.8 Å². The van der Waals surface area contributed by atoms with Gasteiger partial charge in [-0.3, -0.25) is 9.80 Å². The first-order chi connectivity index (χ1) is 10.0. The average Bonchev–Trinajstić information content (AvgIpc) is 2.84. The molecule has 0 radical (unpaired) electrons. The minimum absolute atomic E-state index is 0.252. The molecule has 2 N–H and O–H groups in total. The Morgan fingerprint density at radius 3 is 2.24 bits per heavy atom. The molecule has 8 heteroatoms. The highest BCUT2D eigenvalue weighted by Gasteiger charge is 2.41. The summed E-state index contributed by atoms with van der Waals surface area (Å²) in [5.74, 6) is 0.956. The molecule has 2 aliphatic rings. The quantitative estimate of drug-likeness (QED) is 0.638. The fourth-order valence-electron chi connectivity index (χ4n) is 3.00. The highest BCUT2D eigenvalue weighted by atomic mass is 32.2. The van der Waals surface area contributed by atoms with Gasteiger partial charge in [-0.05, 0) is 12.1 Å². The van der Waals surface area contributed by atoms with Crippen molar-refractivity contribution in [3.63, 3.8) is 0 Å². The van der Waals surface area contributed by atoms with E-state index in [4.69, 9.17) is 9.47 Å². The Morgan fingerprint density at radius 2 is 1.67 bits per heavy atom. The van der Waals surface area contributed by atoms with E-state index in [0.717, 1.165) is 19.8 Å². The molecule has 0 aromatic heterocycles. The largest absolute Gasteiger partial charge is 0.493 e. The maximum atomic E-state index is 12.8. The van der Waals surface area contributed by atoms with E-state index >= 15 is 0 Å². The second kappa shape index (κ2) is 5.45. The van der Waals surface area contributed by atoms with Crippen molar-refractivity contribution in [3.8, 4) is 11.5 Å². The highest BCUT2D eigenvalue weighted by Crippen LogP contribution is 2.30. The van der Waals surface area contributed by atoms with Crippen LogP contribution in [0.2, 0.25) is 0 Å². The lowest BCUT2D eigenvalue weighted by molar-refractivity contribution is -1.06. The second-order valence-corrected chi connectivity index (χ2v) is 7.40. The van der Waals surface area contributed by atoms with Crippen molar-refractivity contribution >= 4 is 10.0 Å². The van der Waals surface area contributed by atoms with Gasteiger partial charge in [-0.25, -0.2) is 8.42 Å². The third-order valence-electron chi connectivity index (χ3n) is 4.12. The van der Waals surface area contributed by atoms with Crippen LogP contribution in [0, 0.1) is 0 Å². The Kier molecular flexibility index (Phi) is 3.78. The first kappa shape index (κ1) is 14.6. The minimum Gasteiger partial charge on any atom is -0.493 e. The number of benzene rings is 1. The molecular formula is C13H21N3O4S+2. The molecule has 7 nitrogen and oxygen atoms in total. The number of fused-ring (bicyclic) bond motifs is 2. The summed E-state index contributed by atoms with van der Waals surface area (Å²) in [5.41, 5.74) is 0. The van der Waals surface area contributed by atoms with Gasteiger partial charge in [0.25, 0.3) is 10.0 Å². The molecule has 0 aliphatic carbocycles. The smallest absolute Gasteiger partial charge is 0.252 e. The standard InChI is InChI=1S/C13H19N3O4S/c1-19-12-4-3-11(7-13(12)20-2)21(17,18)16-9-14-5-6-15(8-14)10-16/h3-4,7H,5-6,8-10H2,1-2H3/p+2. The van der Waals surface area contributed by atoms with Crippen molar-refractivity contribution in [1.29, 1.82) is 0 Å². The topological polar surface area (TPSA) is 64.7 Å². The van der Waals surface area contributed by atoms with Gasteiger partial charge in [-0.1, -0.05) is 4.31 Å². The molecule has 1 aromatic rings. The monoisotopic (exact) mass is 315 g/mol. The molecule has 2 unspecified atom stereocenters. The fourth-order valence-corrected chi connectivity index (χ4v) is 4.50. The SMILES string of the molecule is COc1ccc(S(=O)(=O)N2C[NH+]3CC[NH+](C2)C3)cc1OC. The molecule has 0 spiro atoms. The number of ether oxygens (including phenoxy) is 2. The van der Waals surface area contributed by atoms with E-state index in [9.17, 15) is 8.42 Å². The van der Waals surface area contributed by atoms with Crippen molar-refractivity contribution in [2.75, 3.05) is 47.3 Å². The molecule has 0 saturated carbocycles. The van der Waals surface area contributed by atoms with Crippen LogP contribution in [0.5, 0.6) is 11.5 Å². The summed E-state index contributed by atoms with van der Waals surface area (Å²) >= 11 is 0. The Morgan fingerprint density at radius 1 is 1.05 bits per heavy atom. The summed E-state index contributed by atoms with van der Waals surface area (Å²) in [6.07, 6.45) is 0. The van der Waals surface area contributed by atoms with Gasteiger partial charge in [0.15, 0.2) is 24.8 Å². The summed E-state index contributed by atoms with van der Waals surface area (Å²) in [5, 5.41) is 0. The predicted molar refractivity (Wildman–Crippen MR) is 74.8 cm³/mol. The molecule has 1 aromatic carbocycles. The summed E-state index contributed by atoms with van der Waals surface area (Å²) in [4.78, 5) is 2.89. The maximum Gasteiger partial charge on any atom is 0.252 e.